The molecule has 0 aliphatic rings. The molecule has 1 amide bonds. The highest BCUT2D eigenvalue weighted by molar-refractivity contribution is 7.90. The summed E-state index contributed by atoms with van der Waals surface area (Å²) in [5.74, 6) is -0.695. The van der Waals surface area contributed by atoms with E-state index >= 15 is 0 Å². The maximum Gasteiger partial charge on any atom is 0.249 e. The molecular formula is C22H20N2O3S2. The Kier molecular flexibility index (Phi) is 5.34. The Bertz CT molecular complexity index is 1370. The number of carbonyl (C=O) groups is 1. The minimum absolute atomic E-state index is 0.0657. The maximum atomic E-state index is 12.4. The molecule has 0 aliphatic heterocycles. The van der Waals surface area contributed by atoms with Crippen LogP contribution in [0.4, 0.5) is 0 Å². The van der Waals surface area contributed by atoms with Gasteiger partial charge in [0.15, 0.2) is 14.6 Å². The van der Waals surface area contributed by atoms with Crippen molar-refractivity contribution in [3.8, 4) is 0 Å². The van der Waals surface area contributed by atoms with Crippen LogP contribution in [-0.2, 0) is 27.4 Å². The van der Waals surface area contributed by atoms with Crippen molar-refractivity contribution in [2.75, 3.05) is 5.75 Å². The summed E-state index contributed by atoms with van der Waals surface area (Å²) in [4.78, 5) is 17.1. The summed E-state index contributed by atoms with van der Waals surface area (Å²) in [5.41, 5.74) is 1.75. The number of rotatable bonds is 5. The van der Waals surface area contributed by atoms with E-state index in [1.807, 2.05) is 48.0 Å². The molecular weight excluding hydrogens is 404 g/mol. The van der Waals surface area contributed by atoms with Crippen LogP contribution in [0.25, 0.3) is 21.0 Å². The second-order valence-electron chi connectivity index (χ2n) is 6.91. The number of sulfone groups is 1. The number of thiazole rings is 1. The summed E-state index contributed by atoms with van der Waals surface area (Å²) in [5, 5.41) is 2.22. The van der Waals surface area contributed by atoms with E-state index in [0.29, 0.717) is 4.80 Å². The lowest BCUT2D eigenvalue weighted by Crippen LogP contribution is -2.16. The average Bonchev–Trinajstić information content (AvgIpc) is 3.03. The number of amides is 1. The summed E-state index contributed by atoms with van der Waals surface area (Å²) < 4.78 is 27.6. The molecule has 29 heavy (non-hydrogen) atoms. The number of fused-ring (bicyclic) bond motifs is 3. The summed E-state index contributed by atoms with van der Waals surface area (Å²) in [6.45, 7) is 0. The first-order chi connectivity index (χ1) is 13.9. The maximum absolute atomic E-state index is 12.4. The lowest BCUT2D eigenvalue weighted by Gasteiger charge is -2.03. The Balaban J connectivity index is 1.56. The predicted octanol–water partition coefficient (Wildman–Crippen LogP) is 3.83. The Morgan fingerprint density at radius 2 is 1.72 bits per heavy atom. The van der Waals surface area contributed by atoms with Crippen molar-refractivity contribution in [3.05, 3.63) is 77.1 Å². The van der Waals surface area contributed by atoms with Gasteiger partial charge in [-0.2, -0.15) is 4.99 Å². The molecule has 0 saturated heterocycles. The zero-order chi connectivity index (χ0) is 20.4. The van der Waals surface area contributed by atoms with Gasteiger partial charge in [-0.1, -0.05) is 72.0 Å². The van der Waals surface area contributed by atoms with E-state index in [-0.39, 0.29) is 17.9 Å². The second-order valence-corrected chi connectivity index (χ2v) is 10.1. The highest BCUT2D eigenvalue weighted by Gasteiger charge is 2.15. The number of carbonyl (C=O) groups excluding carboxylic acids is 1. The minimum Gasteiger partial charge on any atom is -0.319 e. The molecule has 4 aromatic rings. The third-order valence-electron chi connectivity index (χ3n) is 4.76. The van der Waals surface area contributed by atoms with E-state index in [1.54, 1.807) is 24.3 Å². The van der Waals surface area contributed by atoms with Gasteiger partial charge in [0.1, 0.15) is 0 Å². The molecule has 0 fully saturated rings. The number of hydrogen-bond acceptors (Lipinski definition) is 4. The molecule has 148 valence electrons. The molecule has 0 aliphatic carbocycles. The standard InChI is InChI=1S/C22H20N2O3S2/c1-24-21-18-10-6-5-9-17(18)11-12-19(21)28-22(24)23-20(25)13-14-29(26,27)15-16-7-3-2-4-8-16/h2-12H,13-15H2,1H3. The fourth-order valence-electron chi connectivity index (χ4n) is 3.33. The fraction of sp³-hybridized carbons (Fsp3) is 0.182. The normalized spacial score (nSPS) is 12.7. The predicted molar refractivity (Wildman–Crippen MR) is 117 cm³/mol. The molecule has 0 radical (unpaired) electrons. The highest BCUT2D eigenvalue weighted by Crippen LogP contribution is 2.26. The van der Waals surface area contributed by atoms with Gasteiger partial charge in [0.05, 0.1) is 21.7 Å². The van der Waals surface area contributed by atoms with Crippen molar-refractivity contribution in [2.45, 2.75) is 12.2 Å². The van der Waals surface area contributed by atoms with Gasteiger partial charge in [0, 0.05) is 18.9 Å². The first-order valence-electron chi connectivity index (χ1n) is 9.22. The molecule has 3 aromatic carbocycles. The summed E-state index contributed by atoms with van der Waals surface area (Å²) >= 11 is 1.43. The van der Waals surface area contributed by atoms with Crippen LogP contribution in [0.2, 0.25) is 0 Å². The van der Waals surface area contributed by atoms with Gasteiger partial charge < -0.3 is 4.57 Å². The molecule has 4 rings (SSSR count). The molecule has 5 nitrogen and oxygen atoms in total. The molecule has 7 heteroatoms. The van der Waals surface area contributed by atoms with Crippen LogP contribution in [-0.4, -0.2) is 24.6 Å². The van der Waals surface area contributed by atoms with Gasteiger partial charge in [-0.15, -0.1) is 0 Å². The highest BCUT2D eigenvalue weighted by atomic mass is 32.2. The first-order valence-corrected chi connectivity index (χ1v) is 11.9. The summed E-state index contributed by atoms with van der Waals surface area (Å²) in [7, 11) is -1.49. The Morgan fingerprint density at radius 3 is 2.52 bits per heavy atom. The summed E-state index contributed by atoms with van der Waals surface area (Å²) in [6, 6.07) is 21.1. The molecule has 0 saturated carbocycles. The zero-order valence-electron chi connectivity index (χ0n) is 15.9. The number of aryl methyl sites for hydroxylation is 1. The monoisotopic (exact) mass is 424 g/mol. The van der Waals surface area contributed by atoms with E-state index < -0.39 is 15.7 Å². The number of aromatic nitrogens is 1. The van der Waals surface area contributed by atoms with Crippen molar-refractivity contribution in [2.24, 2.45) is 12.0 Å². The van der Waals surface area contributed by atoms with Gasteiger partial charge in [0.2, 0.25) is 5.91 Å². The van der Waals surface area contributed by atoms with Gasteiger partial charge in [0.25, 0.3) is 0 Å². The fourth-order valence-corrected chi connectivity index (χ4v) is 5.71. The van der Waals surface area contributed by atoms with Crippen LogP contribution in [0.5, 0.6) is 0 Å². The van der Waals surface area contributed by atoms with Crippen LogP contribution in [0, 0.1) is 0 Å². The molecule has 0 spiro atoms. The zero-order valence-corrected chi connectivity index (χ0v) is 17.5. The van der Waals surface area contributed by atoms with Crippen LogP contribution in [0.15, 0.2) is 71.7 Å². The lowest BCUT2D eigenvalue weighted by atomic mass is 10.1. The smallest absolute Gasteiger partial charge is 0.249 e. The van der Waals surface area contributed by atoms with Crippen LogP contribution < -0.4 is 4.80 Å². The molecule has 0 atom stereocenters. The van der Waals surface area contributed by atoms with Crippen molar-refractivity contribution < 1.29 is 13.2 Å². The van der Waals surface area contributed by atoms with E-state index in [1.165, 1.54) is 11.3 Å². The first kappa shape index (κ1) is 19.5. The average molecular weight is 425 g/mol. The topological polar surface area (TPSA) is 68.5 Å². The largest absolute Gasteiger partial charge is 0.319 e. The van der Waals surface area contributed by atoms with Crippen molar-refractivity contribution in [3.63, 3.8) is 0 Å². The van der Waals surface area contributed by atoms with Crippen LogP contribution in [0.3, 0.4) is 0 Å². The second kappa shape index (κ2) is 7.93. The number of hydrogen-bond donors (Lipinski definition) is 0. The number of benzene rings is 3. The van der Waals surface area contributed by atoms with E-state index in [0.717, 1.165) is 26.6 Å². The summed E-state index contributed by atoms with van der Waals surface area (Å²) in [6.07, 6.45) is -0.121. The Morgan fingerprint density at radius 1 is 1.00 bits per heavy atom. The van der Waals surface area contributed by atoms with Gasteiger partial charge in [-0.05, 0) is 17.0 Å². The Hall–Kier alpha value is -2.77. The number of nitrogens with zero attached hydrogens (tertiary/aromatic N) is 2. The van der Waals surface area contributed by atoms with E-state index in [9.17, 15) is 13.2 Å². The van der Waals surface area contributed by atoms with E-state index in [2.05, 4.69) is 11.1 Å². The molecule has 1 aromatic heterocycles. The SMILES string of the molecule is Cn1c(=NC(=O)CCS(=O)(=O)Cc2ccccc2)sc2ccc3ccccc3c21. The third kappa shape index (κ3) is 4.31. The van der Waals surface area contributed by atoms with Gasteiger partial charge >= 0.3 is 0 Å². The molecule has 0 N–H and O–H groups in total. The molecule has 0 bridgehead atoms. The third-order valence-corrected chi connectivity index (χ3v) is 7.46. The minimum atomic E-state index is -3.37. The van der Waals surface area contributed by atoms with Crippen LogP contribution in [0.1, 0.15) is 12.0 Å². The molecule has 0 unspecified atom stereocenters. The van der Waals surface area contributed by atoms with Crippen molar-refractivity contribution >= 4 is 48.1 Å². The van der Waals surface area contributed by atoms with Crippen LogP contribution >= 0.6 is 11.3 Å². The quantitative estimate of drug-likeness (QED) is 0.489. The van der Waals surface area contributed by atoms with E-state index in [4.69, 9.17) is 0 Å². The van der Waals surface area contributed by atoms with Gasteiger partial charge in [-0.3, -0.25) is 4.79 Å². The van der Waals surface area contributed by atoms with Crippen molar-refractivity contribution in [1.29, 1.82) is 0 Å². The van der Waals surface area contributed by atoms with Gasteiger partial charge in [-0.25, -0.2) is 8.42 Å². The lowest BCUT2D eigenvalue weighted by molar-refractivity contribution is -0.117. The molecule has 1 heterocycles. The Labute approximate surface area is 172 Å². The van der Waals surface area contributed by atoms with Crippen molar-refractivity contribution in [1.82, 2.24) is 4.57 Å².